The highest BCUT2D eigenvalue weighted by molar-refractivity contribution is 6.02. The second kappa shape index (κ2) is 8.73. The summed E-state index contributed by atoms with van der Waals surface area (Å²) < 4.78 is 5.38. The van der Waals surface area contributed by atoms with Crippen molar-refractivity contribution in [1.82, 2.24) is 19.6 Å². The van der Waals surface area contributed by atoms with Gasteiger partial charge in [0.15, 0.2) is 0 Å². The predicted octanol–water partition coefficient (Wildman–Crippen LogP) is 2.01. The highest BCUT2D eigenvalue weighted by Gasteiger charge is 2.56. The largest absolute Gasteiger partial charge is 0.378 e. The third kappa shape index (κ3) is 3.64. The molecule has 0 aliphatic carbocycles. The Morgan fingerprint density at radius 3 is 2.22 bits per heavy atom. The summed E-state index contributed by atoms with van der Waals surface area (Å²) in [5, 5.41) is 0. The fourth-order valence-electron chi connectivity index (χ4n) is 5.64. The summed E-state index contributed by atoms with van der Waals surface area (Å²) >= 11 is 0. The molecule has 3 aliphatic rings. The average Bonchev–Trinajstić information content (AvgIpc) is 2.79. The fourth-order valence-corrected chi connectivity index (χ4v) is 5.64. The number of carbonyl (C=O) groups is 3. The standard InChI is InChI=1S/C24H34N4O4/c1-17(2)28-21(29)19-8-6-5-7-18(19)20(22(30)25(3)4)24(28)9-11-26(12-10-24)23(31)27-13-15-32-16-14-27/h5-8,17,20H,9-16H2,1-4H3. The maximum Gasteiger partial charge on any atom is 0.320 e. The summed E-state index contributed by atoms with van der Waals surface area (Å²) in [5.74, 6) is -0.468. The van der Waals surface area contributed by atoms with Gasteiger partial charge in [-0.05, 0) is 38.3 Å². The van der Waals surface area contributed by atoms with Crippen LogP contribution in [0, 0.1) is 0 Å². The van der Waals surface area contributed by atoms with Crippen molar-refractivity contribution in [3.8, 4) is 0 Å². The quantitative estimate of drug-likeness (QED) is 0.702. The van der Waals surface area contributed by atoms with Crippen molar-refractivity contribution >= 4 is 17.8 Å². The van der Waals surface area contributed by atoms with Crippen LogP contribution in [-0.4, -0.2) is 103 Å². The molecule has 2 fully saturated rings. The number of fused-ring (bicyclic) bond motifs is 1. The van der Waals surface area contributed by atoms with E-state index in [0.29, 0.717) is 57.8 Å². The summed E-state index contributed by atoms with van der Waals surface area (Å²) in [6.07, 6.45) is 1.15. The Morgan fingerprint density at radius 2 is 1.62 bits per heavy atom. The van der Waals surface area contributed by atoms with Crippen molar-refractivity contribution in [2.24, 2.45) is 0 Å². The number of likely N-dealkylation sites (N-methyl/N-ethyl adjacent to an activating group) is 1. The van der Waals surface area contributed by atoms with Crippen LogP contribution in [-0.2, 0) is 9.53 Å². The van der Waals surface area contributed by atoms with Crippen molar-refractivity contribution in [3.63, 3.8) is 0 Å². The Hall–Kier alpha value is -2.61. The molecule has 0 radical (unpaired) electrons. The van der Waals surface area contributed by atoms with Gasteiger partial charge in [-0.1, -0.05) is 18.2 Å². The molecule has 1 atom stereocenters. The van der Waals surface area contributed by atoms with Gasteiger partial charge in [0.1, 0.15) is 0 Å². The van der Waals surface area contributed by atoms with E-state index < -0.39 is 11.5 Å². The molecule has 8 nitrogen and oxygen atoms in total. The number of hydrogen-bond donors (Lipinski definition) is 0. The first-order valence-electron chi connectivity index (χ1n) is 11.5. The van der Waals surface area contributed by atoms with Crippen LogP contribution in [0.2, 0.25) is 0 Å². The van der Waals surface area contributed by atoms with E-state index in [0.717, 1.165) is 5.56 Å². The van der Waals surface area contributed by atoms with Crippen molar-refractivity contribution < 1.29 is 19.1 Å². The summed E-state index contributed by atoms with van der Waals surface area (Å²) in [7, 11) is 3.54. The maximum atomic E-state index is 13.6. The Kier molecular flexibility index (Phi) is 6.16. The van der Waals surface area contributed by atoms with Crippen molar-refractivity contribution in [2.45, 2.75) is 44.2 Å². The number of piperidine rings is 1. The molecule has 174 valence electrons. The van der Waals surface area contributed by atoms with E-state index in [9.17, 15) is 14.4 Å². The summed E-state index contributed by atoms with van der Waals surface area (Å²) in [5.41, 5.74) is 0.767. The molecule has 1 spiro atoms. The van der Waals surface area contributed by atoms with Crippen LogP contribution in [0.4, 0.5) is 4.79 Å². The molecule has 0 aromatic heterocycles. The first-order chi connectivity index (χ1) is 15.3. The van der Waals surface area contributed by atoms with Crippen molar-refractivity contribution in [3.05, 3.63) is 35.4 Å². The first kappa shape index (κ1) is 22.6. The lowest BCUT2D eigenvalue weighted by molar-refractivity contribution is -0.136. The van der Waals surface area contributed by atoms with Crippen LogP contribution in [0.5, 0.6) is 0 Å². The fraction of sp³-hybridized carbons (Fsp3) is 0.625. The molecular formula is C24H34N4O4. The van der Waals surface area contributed by atoms with Gasteiger partial charge in [0.05, 0.1) is 24.7 Å². The number of likely N-dealkylation sites (tertiary alicyclic amines) is 1. The normalized spacial score (nSPS) is 22.8. The van der Waals surface area contributed by atoms with Crippen molar-refractivity contribution in [2.75, 3.05) is 53.5 Å². The monoisotopic (exact) mass is 442 g/mol. The lowest BCUT2D eigenvalue weighted by Crippen LogP contribution is -2.67. The molecule has 4 amide bonds. The van der Waals surface area contributed by atoms with Gasteiger partial charge in [-0.2, -0.15) is 0 Å². The predicted molar refractivity (Wildman–Crippen MR) is 121 cm³/mol. The number of carbonyl (C=O) groups excluding carboxylic acids is 3. The highest BCUT2D eigenvalue weighted by atomic mass is 16.5. The van der Waals surface area contributed by atoms with E-state index in [1.807, 2.05) is 52.8 Å². The SMILES string of the molecule is CC(C)N1C(=O)c2ccccc2C(C(=O)N(C)C)C12CCN(C(=O)N1CCOCC1)CC2. The molecule has 1 unspecified atom stereocenters. The lowest BCUT2D eigenvalue weighted by Gasteiger charge is -2.57. The molecule has 2 saturated heterocycles. The summed E-state index contributed by atoms with van der Waals surface area (Å²) in [4.78, 5) is 47.5. The Labute approximate surface area is 190 Å². The highest BCUT2D eigenvalue weighted by Crippen LogP contribution is 2.48. The minimum absolute atomic E-state index is 0.00329. The third-order valence-corrected chi connectivity index (χ3v) is 7.12. The Balaban J connectivity index is 1.70. The minimum atomic E-state index is -0.650. The van der Waals surface area contributed by atoms with Gasteiger partial charge in [0.25, 0.3) is 5.91 Å². The van der Waals surface area contributed by atoms with Gasteiger partial charge >= 0.3 is 6.03 Å². The molecule has 1 aromatic carbocycles. The van der Waals surface area contributed by atoms with Gasteiger partial charge in [-0.25, -0.2) is 4.79 Å². The Bertz CT molecular complexity index is 886. The maximum absolute atomic E-state index is 13.6. The molecule has 0 saturated carbocycles. The van der Waals surface area contributed by atoms with E-state index >= 15 is 0 Å². The number of ether oxygens (including phenoxy) is 1. The molecule has 3 heterocycles. The first-order valence-corrected chi connectivity index (χ1v) is 11.5. The average molecular weight is 443 g/mol. The minimum Gasteiger partial charge on any atom is -0.378 e. The van der Waals surface area contributed by atoms with E-state index in [2.05, 4.69) is 0 Å². The van der Waals surface area contributed by atoms with Gasteiger partial charge in [0, 0.05) is 51.9 Å². The van der Waals surface area contributed by atoms with E-state index in [4.69, 9.17) is 4.74 Å². The number of rotatable bonds is 2. The van der Waals surface area contributed by atoms with Gasteiger partial charge in [0.2, 0.25) is 5.91 Å². The smallest absolute Gasteiger partial charge is 0.320 e. The molecule has 0 N–H and O–H groups in total. The number of nitrogens with zero attached hydrogens (tertiary/aromatic N) is 4. The number of morpholine rings is 1. The van der Waals surface area contributed by atoms with E-state index in [-0.39, 0.29) is 23.9 Å². The number of hydrogen-bond acceptors (Lipinski definition) is 4. The zero-order valence-electron chi connectivity index (χ0n) is 19.5. The van der Waals surface area contributed by atoms with Crippen LogP contribution in [0.15, 0.2) is 24.3 Å². The number of benzene rings is 1. The second-order valence-electron chi connectivity index (χ2n) is 9.49. The molecule has 8 heteroatoms. The van der Waals surface area contributed by atoms with Gasteiger partial charge in [-0.15, -0.1) is 0 Å². The van der Waals surface area contributed by atoms with Gasteiger partial charge < -0.3 is 24.3 Å². The molecule has 32 heavy (non-hydrogen) atoms. The van der Waals surface area contributed by atoms with Crippen LogP contribution in [0.3, 0.4) is 0 Å². The van der Waals surface area contributed by atoms with Crippen LogP contribution >= 0.6 is 0 Å². The zero-order chi connectivity index (χ0) is 23.0. The van der Waals surface area contributed by atoms with E-state index in [1.54, 1.807) is 19.0 Å². The summed E-state index contributed by atoms with van der Waals surface area (Å²) in [6, 6.07) is 7.47. The second-order valence-corrected chi connectivity index (χ2v) is 9.49. The van der Waals surface area contributed by atoms with Crippen molar-refractivity contribution in [1.29, 1.82) is 0 Å². The molecule has 0 bridgehead atoms. The Morgan fingerprint density at radius 1 is 1.03 bits per heavy atom. The van der Waals surface area contributed by atoms with Crippen LogP contribution in [0.25, 0.3) is 0 Å². The van der Waals surface area contributed by atoms with E-state index in [1.165, 1.54) is 0 Å². The molecule has 4 rings (SSSR count). The molecule has 1 aromatic rings. The number of urea groups is 1. The molecular weight excluding hydrogens is 408 g/mol. The third-order valence-electron chi connectivity index (χ3n) is 7.12. The van der Waals surface area contributed by atoms with Gasteiger partial charge in [-0.3, -0.25) is 9.59 Å². The molecule has 3 aliphatic heterocycles. The van der Waals surface area contributed by atoms with Crippen LogP contribution < -0.4 is 0 Å². The zero-order valence-corrected chi connectivity index (χ0v) is 19.5. The number of amides is 4. The lowest BCUT2D eigenvalue weighted by atomic mass is 9.66. The van der Waals surface area contributed by atoms with Crippen LogP contribution in [0.1, 0.15) is 48.5 Å². The topological polar surface area (TPSA) is 73.4 Å². The summed E-state index contributed by atoms with van der Waals surface area (Å²) in [6.45, 7) is 7.40.